The number of benzene rings is 2. The highest BCUT2D eigenvalue weighted by Crippen LogP contribution is 2.21. The molecule has 0 aliphatic heterocycles. The van der Waals surface area contributed by atoms with Gasteiger partial charge in [-0.3, -0.25) is 14.9 Å². The number of rotatable bonds is 8. The molecule has 3 aromatic rings. The van der Waals surface area contributed by atoms with Crippen LogP contribution in [0.4, 0.5) is 5.95 Å². The number of ether oxygens (including phenoxy) is 1. The number of nitrogens with zero attached hydrogens (tertiary/aromatic N) is 2. The van der Waals surface area contributed by atoms with Crippen LogP contribution in [0.1, 0.15) is 54.8 Å². The smallest absolute Gasteiger partial charge is 0.257 e. The Morgan fingerprint density at radius 1 is 1.00 bits per heavy atom. The Bertz CT molecular complexity index is 1050. The Balaban J connectivity index is 1.76. The van der Waals surface area contributed by atoms with Gasteiger partial charge in [-0.15, -0.1) is 0 Å². The summed E-state index contributed by atoms with van der Waals surface area (Å²) in [5.74, 6) is 0.0527. The fraction of sp³-hybridized carbons (Fsp3) is 0.375. The third-order valence-electron chi connectivity index (χ3n) is 4.65. The highest BCUT2D eigenvalue weighted by atomic mass is 16.5. The third kappa shape index (κ3) is 5.92. The first-order valence-electron chi connectivity index (χ1n) is 10.6. The Morgan fingerprint density at radius 2 is 1.65 bits per heavy atom. The van der Waals surface area contributed by atoms with Crippen molar-refractivity contribution < 1.29 is 14.3 Å². The van der Waals surface area contributed by atoms with Crippen molar-refractivity contribution in [2.75, 3.05) is 18.5 Å². The van der Waals surface area contributed by atoms with Gasteiger partial charge in [-0.1, -0.05) is 12.1 Å². The Kier molecular flexibility index (Phi) is 7.07. The second-order valence-electron chi connectivity index (χ2n) is 8.36. The molecule has 1 heterocycles. The molecule has 0 saturated heterocycles. The molecule has 7 heteroatoms. The van der Waals surface area contributed by atoms with Crippen molar-refractivity contribution in [1.82, 2.24) is 14.9 Å². The molecule has 0 aliphatic rings. The largest absolute Gasteiger partial charge is 0.382 e. The molecule has 0 aliphatic carbocycles. The van der Waals surface area contributed by atoms with Gasteiger partial charge in [-0.05, 0) is 70.5 Å². The molecule has 0 bridgehead atoms. The Hall–Kier alpha value is -3.19. The standard InChI is InChI=1S/C24H30N4O3/c1-5-31-16-8-15-28-20-10-7-6-9-19(20)25-23(28)26-21(29)17-11-13-18(14-12-17)22(30)27-24(2,3)4/h6-7,9-14H,5,8,15-16H2,1-4H3,(H,27,30)(H,25,26,29). The van der Waals surface area contributed by atoms with Crippen LogP contribution >= 0.6 is 0 Å². The van der Waals surface area contributed by atoms with Crippen LogP contribution in [0.3, 0.4) is 0 Å². The van der Waals surface area contributed by atoms with Crippen LogP contribution in [-0.4, -0.2) is 40.1 Å². The van der Waals surface area contributed by atoms with Crippen LogP contribution < -0.4 is 10.6 Å². The molecule has 7 nitrogen and oxygen atoms in total. The predicted octanol–water partition coefficient (Wildman–Crippen LogP) is 4.24. The number of nitrogens with one attached hydrogen (secondary N) is 2. The van der Waals surface area contributed by atoms with Gasteiger partial charge in [-0.2, -0.15) is 0 Å². The first-order valence-corrected chi connectivity index (χ1v) is 10.6. The molecule has 2 amide bonds. The Labute approximate surface area is 182 Å². The normalized spacial score (nSPS) is 11.5. The highest BCUT2D eigenvalue weighted by Gasteiger charge is 2.17. The van der Waals surface area contributed by atoms with Crippen molar-refractivity contribution >= 4 is 28.8 Å². The number of imidazole rings is 1. The van der Waals surface area contributed by atoms with Crippen molar-refractivity contribution in [3.8, 4) is 0 Å². The lowest BCUT2D eigenvalue weighted by molar-refractivity contribution is 0.0918. The Morgan fingerprint density at radius 3 is 2.29 bits per heavy atom. The first-order chi connectivity index (χ1) is 14.8. The fourth-order valence-corrected chi connectivity index (χ4v) is 3.23. The number of fused-ring (bicyclic) bond motifs is 1. The van der Waals surface area contributed by atoms with Crippen molar-refractivity contribution in [2.45, 2.75) is 46.2 Å². The van der Waals surface area contributed by atoms with E-state index in [9.17, 15) is 9.59 Å². The van der Waals surface area contributed by atoms with Crippen LogP contribution in [0.15, 0.2) is 48.5 Å². The highest BCUT2D eigenvalue weighted by molar-refractivity contribution is 6.05. The zero-order valence-corrected chi connectivity index (χ0v) is 18.6. The van der Waals surface area contributed by atoms with Crippen LogP contribution in [0.2, 0.25) is 0 Å². The molecule has 31 heavy (non-hydrogen) atoms. The molecule has 3 rings (SSSR count). The summed E-state index contributed by atoms with van der Waals surface area (Å²) in [7, 11) is 0. The van der Waals surface area contributed by atoms with Gasteiger partial charge in [0.25, 0.3) is 11.8 Å². The number of hydrogen-bond acceptors (Lipinski definition) is 4. The minimum Gasteiger partial charge on any atom is -0.382 e. The van der Waals surface area contributed by atoms with Gasteiger partial charge in [0, 0.05) is 36.4 Å². The monoisotopic (exact) mass is 422 g/mol. The number of para-hydroxylation sites is 2. The number of hydrogen-bond donors (Lipinski definition) is 2. The fourth-order valence-electron chi connectivity index (χ4n) is 3.23. The predicted molar refractivity (Wildman–Crippen MR) is 122 cm³/mol. The van der Waals surface area contributed by atoms with Gasteiger partial charge in [0.1, 0.15) is 0 Å². The minimum absolute atomic E-state index is 0.171. The van der Waals surface area contributed by atoms with E-state index >= 15 is 0 Å². The van der Waals surface area contributed by atoms with Crippen LogP contribution in [0, 0.1) is 0 Å². The van der Waals surface area contributed by atoms with E-state index in [1.54, 1.807) is 24.3 Å². The van der Waals surface area contributed by atoms with Crippen LogP contribution in [-0.2, 0) is 11.3 Å². The summed E-state index contributed by atoms with van der Waals surface area (Å²) in [4.78, 5) is 29.7. The van der Waals surface area contributed by atoms with Crippen LogP contribution in [0.25, 0.3) is 11.0 Å². The second kappa shape index (κ2) is 9.75. The lowest BCUT2D eigenvalue weighted by atomic mass is 10.1. The van der Waals surface area contributed by atoms with Gasteiger partial charge in [-0.25, -0.2) is 4.98 Å². The van der Waals surface area contributed by atoms with E-state index in [1.807, 2.05) is 56.5 Å². The lowest BCUT2D eigenvalue weighted by Crippen LogP contribution is -2.40. The summed E-state index contributed by atoms with van der Waals surface area (Å²) in [6.07, 6.45) is 0.814. The number of anilines is 1. The van der Waals surface area contributed by atoms with E-state index in [2.05, 4.69) is 15.6 Å². The van der Waals surface area contributed by atoms with E-state index in [1.165, 1.54) is 0 Å². The lowest BCUT2D eigenvalue weighted by Gasteiger charge is -2.20. The number of aryl methyl sites for hydroxylation is 1. The molecule has 0 saturated carbocycles. The molecule has 0 unspecified atom stereocenters. The van der Waals surface area contributed by atoms with Gasteiger partial charge in [0.2, 0.25) is 5.95 Å². The average Bonchev–Trinajstić information content (AvgIpc) is 3.07. The first kappa shape index (κ1) is 22.5. The molecular formula is C24H30N4O3. The number of amides is 2. The molecule has 0 radical (unpaired) electrons. The van der Waals surface area contributed by atoms with E-state index in [0.29, 0.717) is 36.8 Å². The van der Waals surface area contributed by atoms with Crippen molar-refractivity contribution in [2.24, 2.45) is 0 Å². The topological polar surface area (TPSA) is 85.2 Å². The summed E-state index contributed by atoms with van der Waals surface area (Å²) in [5.41, 5.74) is 2.43. The molecule has 2 aromatic carbocycles. The maximum absolute atomic E-state index is 12.8. The number of aromatic nitrogens is 2. The van der Waals surface area contributed by atoms with Crippen LogP contribution in [0.5, 0.6) is 0 Å². The SMILES string of the molecule is CCOCCCn1c(NC(=O)c2ccc(C(=O)NC(C)(C)C)cc2)nc2ccccc21. The van der Waals surface area contributed by atoms with Crippen molar-refractivity contribution in [3.63, 3.8) is 0 Å². The van der Waals surface area contributed by atoms with Gasteiger partial charge in [0.15, 0.2) is 0 Å². The molecule has 1 aromatic heterocycles. The summed E-state index contributed by atoms with van der Waals surface area (Å²) in [6, 6.07) is 14.4. The van der Waals surface area contributed by atoms with E-state index in [0.717, 1.165) is 17.5 Å². The second-order valence-corrected chi connectivity index (χ2v) is 8.36. The summed E-state index contributed by atoms with van der Waals surface area (Å²) >= 11 is 0. The van der Waals surface area contributed by atoms with E-state index in [4.69, 9.17) is 4.74 Å². The average molecular weight is 423 g/mol. The minimum atomic E-state index is -0.325. The van der Waals surface area contributed by atoms with Crippen molar-refractivity contribution in [1.29, 1.82) is 0 Å². The molecule has 0 atom stereocenters. The van der Waals surface area contributed by atoms with Gasteiger partial charge in [0.05, 0.1) is 11.0 Å². The molecular weight excluding hydrogens is 392 g/mol. The zero-order chi connectivity index (χ0) is 22.4. The third-order valence-corrected chi connectivity index (χ3v) is 4.65. The maximum atomic E-state index is 12.8. The van der Waals surface area contributed by atoms with Crippen molar-refractivity contribution in [3.05, 3.63) is 59.7 Å². The van der Waals surface area contributed by atoms with E-state index < -0.39 is 0 Å². The number of carbonyl (C=O) groups excluding carboxylic acids is 2. The zero-order valence-electron chi connectivity index (χ0n) is 18.6. The maximum Gasteiger partial charge on any atom is 0.257 e. The summed E-state index contributed by atoms with van der Waals surface area (Å²) < 4.78 is 7.44. The molecule has 2 N–H and O–H groups in total. The van der Waals surface area contributed by atoms with E-state index in [-0.39, 0.29) is 17.4 Å². The number of carbonyl (C=O) groups is 2. The summed E-state index contributed by atoms with van der Waals surface area (Å²) in [6.45, 7) is 9.75. The quantitative estimate of drug-likeness (QED) is 0.532. The molecule has 0 spiro atoms. The molecule has 164 valence electrons. The van der Waals surface area contributed by atoms with Gasteiger partial charge >= 0.3 is 0 Å². The van der Waals surface area contributed by atoms with Gasteiger partial charge < -0.3 is 14.6 Å². The summed E-state index contributed by atoms with van der Waals surface area (Å²) in [5, 5.41) is 5.83. The molecule has 0 fully saturated rings.